The maximum absolute atomic E-state index is 12.2. The molecule has 0 spiro atoms. The van der Waals surface area contributed by atoms with E-state index < -0.39 is 5.97 Å². The van der Waals surface area contributed by atoms with Crippen LogP contribution in [-0.4, -0.2) is 30.2 Å². The molecule has 8 heteroatoms. The Hall–Kier alpha value is -3.71. The van der Waals surface area contributed by atoms with E-state index in [1.54, 1.807) is 42.5 Å². The summed E-state index contributed by atoms with van der Waals surface area (Å²) in [6.45, 7) is 2.38. The van der Waals surface area contributed by atoms with Crippen molar-refractivity contribution in [1.29, 1.82) is 0 Å². The van der Waals surface area contributed by atoms with Crippen LogP contribution in [0.1, 0.15) is 22.8 Å². The predicted octanol–water partition coefficient (Wildman–Crippen LogP) is 5.07. The number of amides is 1. The normalized spacial score (nSPS) is 10.3. The van der Waals surface area contributed by atoms with Crippen LogP contribution in [0.15, 0.2) is 66.7 Å². The van der Waals surface area contributed by atoms with Gasteiger partial charge in [-0.2, -0.15) is 0 Å². The molecular weight excluding hydrogens is 432 g/mol. The molecule has 3 N–H and O–H groups in total. The number of carboxylic acids is 1. The van der Waals surface area contributed by atoms with Crippen molar-refractivity contribution in [3.63, 3.8) is 0 Å². The standard InChI is InChI=1S/C24H23ClN2O5/c1-2-31-21-12-16(14-26-19-10-6-7-17(13-19)24(29)30)11-20(25)23(21)32-15-22(28)27-18-8-4-3-5-9-18/h3-13,26H,2,14-15H2,1H3,(H,27,28)(H,29,30). The van der Waals surface area contributed by atoms with E-state index in [1.807, 2.05) is 25.1 Å². The summed E-state index contributed by atoms with van der Waals surface area (Å²) in [5, 5.41) is 15.3. The zero-order valence-corrected chi connectivity index (χ0v) is 18.2. The number of carboxylic acid groups (broad SMARTS) is 1. The molecule has 1 amide bonds. The van der Waals surface area contributed by atoms with Crippen molar-refractivity contribution in [3.05, 3.63) is 82.9 Å². The number of para-hydroxylation sites is 1. The Bertz CT molecular complexity index is 1090. The molecule has 0 unspecified atom stereocenters. The minimum atomic E-state index is -0.992. The van der Waals surface area contributed by atoms with Crippen LogP contribution in [0, 0.1) is 0 Å². The predicted molar refractivity (Wildman–Crippen MR) is 124 cm³/mol. The number of nitrogens with one attached hydrogen (secondary N) is 2. The van der Waals surface area contributed by atoms with Gasteiger partial charge in [0.1, 0.15) is 0 Å². The maximum atomic E-state index is 12.2. The molecule has 0 aliphatic rings. The van der Waals surface area contributed by atoms with Crippen molar-refractivity contribution < 1.29 is 24.2 Å². The molecule has 0 aliphatic carbocycles. The summed E-state index contributed by atoms with van der Waals surface area (Å²) in [5.41, 5.74) is 2.34. The molecular formula is C24H23ClN2O5. The number of rotatable bonds is 10. The third-order valence-corrected chi connectivity index (χ3v) is 4.66. The molecule has 0 radical (unpaired) electrons. The first-order chi connectivity index (χ1) is 15.5. The summed E-state index contributed by atoms with van der Waals surface area (Å²) in [5.74, 6) is -0.608. The van der Waals surface area contributed by atoms with Gasteiger partial charge in [0, 0.05) is 17.9 Å². The second kappa shape index (κ2) is 11.1. The van der Waals surface area contributed by atoms with Gasteiger partial charge in [-0.15, -0.1) is 0 Å². The van der Waals surface area contributed by atoms with Crippen LogP contribution < -0.4 is 20.1 Å². The van der Waals surface area contributed by atoms with E-state index in [-0.39, 0.29) is 23.8 Å². The smallest absolute Gasteiger partial charge is 0.335 e. The molecule has 7 nitrogen and oxygen atoms in total. The summed E-state index contributed by atoms with van der Waals surface area (Å²) in [6.07, 6.45) is 0. The third kappa shape index (κ3) is 6.39. The largest absolute Gasteiger partial charge is 0.490 e. The van der Waals surface area contributed by atoms with Gasteiger partial charge in [0.05, 0.1) is 17.2 Å². The third-order valence-electron chi connectivity index (χ3n) is 4.38. The van der Waals surface area contributed by atoms with Gasteiger partial charge in [-0.3, -0.25) is 4.79 Å². The molecule has 3 rings (SSSR count). The van der Waals surface area contributed by atoms with E-state index in [0.717, 1.165) is 5.56 Å². The molecule has 0 saturated carbocycles. The van der Waals surface area contributed by atoms with E-state index >= 15 is 0 Å². The van der Waals surface area contributed by atoms with Gasteiger partial charge in [-0.05, 0) is 55.0 Å². The summed E-state index contributed by atoms with van der Waals surface area (Å²) in [4.78, 5) is 23.3. The molecule has 0 atom stereocenters. The van der Waals surface area contributed by atoms with Crippen LogP contribution >= 0.6 is 11.6 Å². The number of anilines is 2. The number of carbonyl (C=O) groups excluding carboxylic acids is 1. The average Bonchev–Trinajstić information content (AvgIpc) is 2.78. The van der Waals surface area contributed by atoms with Crippen molar-refractivity contribution >= 4 is 34.9 Å². The maximum Gasteiger partial charge on any atom is 0.335 e. The van der Waals surface area contributed by atoms with E-state index in [2.05, 4.69) is 10.6 Å². The van der Waals surface area contributed by atoms with Crippen molar-refractivity contribution in [2.45, 2.75) is 13.5 Å². The highest BCUT2D eigenvalue weighted by Gasteiger charge is 2.15. The first-order valence-electron chi connectivity index (χ1n) is 9.96. The molecule has 3 aromatic rings. The Morgan fingerprint density at radius 1 is 0.969 bits per heavy atom. The first kappa shape index (κ1) is 23.0. The van der Waals surface area contributed by atoms with Gasteiger partial charge in [0.2, 0.25) is 0 Å². The highest BCUT2D eigenvalue weighted by Crippen LogP contribution is 2.37. The number of hydrogen-bond acceptors (Lipinski definition) is 5. The second-order valence-corrected chi connectivity index (χ2v) is 7.19. The Morgan fingerprint density at radius 3 is 2.44 bits per heavy atom. The van der Waals surface area contributed by atoms with Crippen molar-refractivity contribution in [2.75, 3.05) is 23.8 Å². The van der Waals surface area contributed by atoms with Crippen LogP contribution in [-0.2, 0) is 11.3 Å². The zero-order chi connectivity index (χ0) is 22.9. The molecule has 32 heavy (non-hydrogen) atoms. The lowest BCUT2D eigenvalue weighted by atomic mass is 10.1. The average molecular weight is 455 g/mol. The van der Waals surface area contributed by atoms with Gasteiger partial charge in [0.15, 0.2) is 18.1 Å². The van der Waals surface area contributed by atoms with Crippen molar-refractivity contribution in [1.82, 2.24) is 0 Å². The Kier molecular flexibility index (Phi) is 7.94. The lowest BCUT2D eigenvalue weighted by molar-refractivity contribution is -0.118. The van der Waals surface area contributed by atoms with Crippen molar-refractivity contribution in [2.24, 2.45) is 0 Å². The highest BCUT2D eigenvalue weighted by molar-refractivity contribution is 6.32. The molecule has 0 aliphatic heterocycles. The minimum absolute atomic E-state index is 0.195. The molecule has 0 saturated heterocycles. The molecule has 0 heterocycles. The van der Waals surface area contributed by atoms with E-state index in [0.29, 0.717) is 35.3 Å². The number of halogens is 1. The second-order valence-electron chi connectivity index (χ2n) is 6.78. The topological polar surface area (TPSA) is 96.9 Å². The van der Waals surface area contributed by atoms with E-state index in [1.165, 1.54) is 6.07 Å². The Labute approximate surface area is 190 Å². The van der Waals surface area contributed by atoms with E-state index in [9.17, 15) is 9.59 Å². The van der Waals surface area contributed by atoms with Gasteiger partial charge in [-0.1, -0.05) is 35.9 Å². The van der Waals surface area contributed by atoms with E-state index in [4.69, 9.17) is 26.2 Å². The lowest BCUT2D eigenvalue weighted by Gasteiger charge is -2.16. The number of hydrogen-bond donors (Lipinski definition) is 3. The van der Waals surface area contributed by atoms with Gasteiger partial charge < -0.3 is 25.2 Å². The lowest BCUT2D eigenvalue weighted by Crippen LogP contribution is -2.20. The van der Waals surface area contributed by atoms with Crippen molar-refractivity contribution in [3.8, 4) is 11.5 Å². The monoisotopic (exact) mass is 454 g/mol. The van der Waals surface area contributed by atoms with Gasteiger partial charge in [-0.25, -0.2) is 4.79 Å². The highest BCUT2D eigenvalue weighted by atomic mass is 35.5. The molecule has 166 valence electrons. The van der Waals surface area contributed by atoms with Crippen LogP contribution in [0.5, 0.6) is 11.5 Å². The first-order valence-corrected chi connectivity index (χ1v) is 10.3. The Morgan fingerprint density at radius 2 is 1.72 bits per heavy atom. The summed E-state index contributed by atoms with van der Waals surface area (Å²) in [6, 6.07) is 19.1. The number of carbonyl (C=O) groups is 2. The summed E-state index contributed by atoms with van der Waals surface area (Å²) >= 11 is 6.42. The molecule has 0 aromatic heterocycles. The fourth-order valence-corrected chi connectivity index (χ4v) is 3.24. The number of aromatic carboxylic acids is 1. The number of benzene rings is 3. The number of ether oxygens (including phenoxy) is 2. The zero-order valence-electron chi connectivity index (χ0n) is 17.4. The summed E-state index contributed by atoms with van der Waals surface area (Å²) in [7, 11) is 0. The minimum Gasteiger partial charge on any atom is -0.490 e. The molecule has 3 aromatic carbocycles. The van der Waals surface area contributed by atoms with Gasteiger partial charge >= 0.3 is 5.97 Å². The van der Waals surface area contributed by atoms with Crippen LogP contribution in [0.4, 0.5) is 11.4 Å². The fourth-order valence-electron chi connectivity index (χ4n) is 2.95. The van der Waals surface area contributed by atoms with Crippen LogP contribution in [0.2, 0.25) is 5.02 Å². The molecule has 0 fully saturated rings. The Balaban J connectivity index is 1.68. The molecule has 0 bridgehead atoms. The summed E-state index contributed by atoms with van der Waals surface area (Å²) < 4.78 is 11.3. The quantitative estimate of drug-likeness (QED) is 0.396. The van der Waals surface area contributed by atoms with Crippen LogP contribution in [0.25, 0.3) is 0 Å². The fraction of sp³-hybridized carbons (Fsp3) is 0.167. The SMILES string of the molecule is CCOc1cc(CNc2cccc(C(=O)O)c2)cc(Cl)c1OCC(=O)Nc1ccccc1. The van der Waals surface area contributed by atoms with Crippen LogP contribution in [0.3, 0.4) is 0 Å². The van der Waals surface area contributed by atoms with Gasteiger partial charge in [0.25, 0.3) is 5.91 Å².